The van der Waals surface area contributed by atoms with Gasteiger partial charge in [0.25, 0.3) is 0 Å². The van der Waals surface area contributed by atoms with Crippen LogP contribution in [0.2, 0.25) is 0 Å². The highest BCUT2D eigenvalue weighted by Crippen LogP contribution is 2.32. The molecule has 1 aliphatic rings. The molecule has 26 heavy (non-hydrogen) atoms. The Kier molecular flexibility index (Phi) is 6.56. The minimum Gasteiger partial charge on any atom is -0.490 e. The van der Waals surface area contributed by atoms with Crippen molar-refractivity contribution in [1.29, 1.82) is 0 Å². The van der Waals surface area contributed by atoms with Crippen LogP contribution < -0.4 is 15.8 Å². The average Bonchev–Trinajstić information content (AvgIpc) is 2.63. The van der Waals surface area contributed by atoms with Gasteiger partial charge in [0.2, 0.25) is 0 Å². The van der Waals surface area contributed by atoms with Crippen molar-refractivity contribution in [3.8, 4) is 5.75 Å². The Morgan fingerprint density at radius 3 is 2.81 bits per heavy atom. The van der Waals surface area contributed by atoms with Crippen molar-refractivity contribution in [2.24, 2.45) is 11.8 Å². The molecule has 0 heterocycles. The summed E-state index contributed by atoms with van der Waals surface area (Å²) >= 11 is 0. The standard InChI is InChI=1S/C23H32N2O/c1-17-7-5-10-21(13-17)26-22-11-6-9-19(14-22)18(2)15-25-16-20-8-3-4-12-23(20)24/h3-5,7-8,10,12-13,18-19,22,25H,6,9,11,14-16,24H2,1-2H3/t18?,19-,22+/m0/s1. The summed E-state index contributed by atoms with van der Waals surface area (Å²) in [5, 5.41) is 3.59. The number of hydrogen-bond acceptors (Lipinski definition) is 3. The predicted molar refractivity (Wildman–Crippen MR) is 109 cm³/mol. The molecule has 3 nitrogen and oxygen atoms in total. The Balaban J connectivity index is 1.46. The van der Waals surface area contributed by atoms with E-state index in [2.05, 4.69) is 49.5 Å². The number of nitrogen functional groups attached to an aromatic ring is 1. The van der Waals surface area contributed by atoms with Crippen molar-refractivity contribution < 1.29 is 4.74 Å². The highest BCUT2D eigenvalue weighted by Gasteiger charge is 2.27. The summed E-state index contributed by atoms with van der Waals surface area (Å²) < 4.78 is 6.27. The van der Waals surface area contributed by atoms with Crippen molar-refractivity contribution in [3.63, 3.8) is 0 Å². The third kappa shape index (κ3) is 5.25. The minimum absolute atomic E-state index is 0.350. The first-order valence-electron chi connectivity index (χ1n) is 9.89. The van der Waals surface area contributed by atoms with Gasteiger partial charge in [-0.05, 0) is 80.3 Å². The molecule has 1 unspecified atom stereocenters. The molecular weight excluding hydrogens is 320 g/mol. The SMILES string of the molecule is Cc1cccc(O[C@@H]2CCC[C@H](C(C)CNCc3ccccc3N)C2)c1. The molecule has 140 valence electrons. The van der Waals surface area contributed by atoms with E-state index >= 15 is 0 Å². The van der Waals surface area contributed by atoms with E-state index in [1.165, 1.54) is 30.4 Å². The summed E-state index contributed by atoms with van der Waals surface area (Å²) in [4.78, 5) is 0. The normalized spacial score (nSPS) is 21.3. The topological polar surface area (TPSA) is 47.3 Å². The van der Waals surface area contributed by atoms with E-state index < -0.39 is 0 Å². The van der Waals surface area contributed by atoms with Gasteiger partial charge >= 0.3 is 0 Å². The molecule has 0 amide bonds. The number of nitrogens with two attached hydrogens (primary N) is 1. The summed E-state index contributed by atoms with van der Waals surface area (Å²) in [6.45, 7) is 6.34. The molecule has 2 aromatic rings. The first-order valence-corrected chi connectivity index (χ1v) is 9.89. The Morgan fingerprint density at radius 2 is 2.00 bits per heavy atom. The lowest BCUT2D eigenvalue weighted by Crippen LogP contribution is -2.33. The van der Waals surface area contributed by atoms with Crippen LogP contribution in [0.4, 0.5) is 5.69 Å². The molecule has 1 saturated carbocycles. The predicted octanol–water partition coefficient (Wildman–Crippen LogP) is 4.94. The van der Waals surface area contributed by atoms with Gasteiger partial charge < -0.3 is 15.8 Å². The highest BCUT2D eigenvalue weighted by molar-refractivity contribution is 5.46. The number of hydrogen-bond donors (Lipinski definition) is 2. The van der Waals surface area contributed by atoms with Crippen LogP contribution in [-0.4, -0.2) is 12.6 Å². The number of aryl methyl sites for hydroxylation is 1. The number of anilines is 1. The Hall–Kier alpha value is -2.00. The summed E-state index contributed by atoms with van der Waals surface area (Å²) in [5.41, 5.74) is 9.34. The van der Waals surface area contributed by atoms with E-state index in [0.29, 0.717) is 12.0 Å². The minimum atomic E-state index is 0.350. The van der Waals surface area contributed by atoms with Crippen molar-refractivity contribution in [1.82, 2.24) is 5.32 Å². The lowest BCUT2D eigenvalue weighted by Gasteiger charge is -2.33. The smallest absolute Gasteiger partial charge is 0.119 e. The van der Waals surface area contributed by atoms with Gasteiger partial charge in [-0.2, -0.15) is 0 Å². The summed E-state index contributed by atoms with van der Waals surface area (Å²) in [6, 6.07) is 16.5. The first-order chi connectivity index (χ1) is 12.6. The van der Waals surface area contributed by atoms with Gasteiger partial charge in [0.1, 0.15) is 5.75 Å². The van der Waals surface area contributed by atoms with Crippen molar-refractivity contribution in [2.45, 2.75) is 52.2 Å². The van der Waals surface area contributed by atoms with Crippen LogP contribution in [0.5, 0.6) is 5.75 Å². The van der Waals surface area contributed by atoms with Gasteiger partial charge in [-0.25, -0.2) is 0 Å². The zero-order valence-electron chi connectivity index (χ0n) is 16.1. The monoisotopic (exact) mass is 352 g/mol. The molecule has 3 atom stereocenters. The number of benzene rings is 2. The van der Waals surface area contributed by atoms with Crippen LogP contribution in [-0.2, 0) is 6.54 Å². The third-order valence-electron chi connectivity index (χ3n) is 5.60. The van der Waals surface area contributed by atoms with Crippen LogP contribution in [0.3, 0.4) is 0 Å². The second kappa shape index (κ2) is 9.09. The Morgan fingerprint density at radius 1 is 1.15 bits per heavy atom. The molecule has 0 aliphatic heterocycles. The molecule has 3 N–H and O–H groups in total. The molecule has 2 aromatic carbocycles. The van der Waals surface area contributed by atoms with Crippen LogP contribution in [0, 0.1) is 18.8 Å². The van der Waals surface area contributed by atoms with E-state index in [9.17, 15) is 0 Å². The van der Waals surface area contributed by atoms with Crippen molar-refractivity contribution >= 4 is 5.69 Å². The summed E-state index contributed by atoms with van der Waals surface area (Å²) in [6.07, 6.45) is 5.25. The molecule has 3 rings (SSSR count). The van der Waals surface area contributed by atoms with Crippen LogP contribution >= 0.6 is 0 Å². The van der Waals surface area contributed by atoms with Crippen LogP contribution in [0.15, 0.2) is 48.5 Å². The molecule has 0 spiro atoms. The van der Waals surface area contributed by atoms with E-state index in [1.54, 1.807) is 0 Å². The van der Waals surface area contributed by atoms with Gasteiger partial charge in [-0.1, -0.05) is 37.3 Å². The van der Waals surface area contributed by atoms with Crippen LogP contribution in [0.1, 0.15) is 43.7 Å². The fourth-order valence-corrected chi connectivity index (χ4v) is 3.98. The molecule has 1 aliphatic carbocycles. The van der Waals surface area contributed by atoms with Gasteiger partial charge in [0.05, 0.1) is 6.10 Å². The zero-order chi connectivity index (χ0) is 18.4. The first kappa shape index (κ1) is 18.8. The molecule has 0 aromatic heterocycles. The van der Waals surface area contributed by atoms with E-state index in [4.69, 9.17) is 10.5 Å². The molecular formula is C23H32N2O. The number of rotatable bonds is 7. The van der Waals surface area contributed by atoms with Crippen LogP contribution in [0.25, 0.3) is 0 Å². The molecule has 0 saturated heterocycles. The average molecular weight is 353 g/mol. The summed E-state index contributed by atoms with van der Waals surface area (Å²) in [7, 11) is 0. The maximum atomic E-state index is 6.27. The van der Waals surface area contributed by atoms with E-state index in [1.807, 2.05) is 18.2 Å². The largest absolute Gasteiger partial charge is 0.490 e. The van der Waals surface area contributed by atoms with E-state index in [-0.39, 0.29) is 0 Å². The lowest BCUT2D eigenvalue weighted by atomic mass is 9.79. The molecule has 3 heteroatoms. The van der Waals surface area contributed by atoms with Gasteiger partial charge in [0.15, 0.2) is 0 Å². The lowest BCUT2D eigenvalue weighted by molar-refractivity contribution is 0.102. The Labute approximate surface area is 158 Å². The van der Waals surface area contributed by atoms with Gasteiger partial charge in [-0.3, -0.25) is 0 Å². The maximum absolute atomic E-state index is 6.27. The number of para-hydroxylation sites is 1. The second-order valence-corrected chi connectivity index (χ2v) is 7.79. The van der Waals surface area contributed by atoms with Gasteiger partial charge in [0, 0.05) is 12.2 Å². The fourth-order valence-electron chi connectivity index (χ4n) is 3.98. The van der Waals surface area contributed by atoms with Crippen molar-refractivity contribution in [2.75, 3.05) is 12.3 Å². The van der Waals surface area contributed by atoms with E-state index in [0.717, 1.165) is 36.9 Å². The molecule has 0 radical (unpaired) electrons. The number of nitrogens with one attached hydrogen (secondary N) is 1. The summed E-state index contributed by atoms with van der Waals surface area (Å²) in [5.74, 6) is 2.38. The maximum Gasteiger partial charge on any atom is 0.119 e. The Bertz CT molecular complexity index is 700. The highest BCUT2D eigenvalue weighted by atomic mass is 16.5. The van der Waals surface area contributed by atoms with Crippen molar-refractivity contribution in [3.05, 3.63) is 59.7 Å². The quantitative estimate of drug-likeness (QED) is 0.694. The zero-order valence-corrected chi connectivity index (χ0v) is 16.1. The van der Waals surface area contributed by atoms with Gasteiger partial charge in [-0.15, -0.1) is 0 Å². The molecule has 0 bridgehead atoms. The number of ether oxygens (including phenoxy) is 1. The third-order valence-corrected chi connectivity index (χ3v) is 5.60. The fraction of sp³-hybridized carbons (Fsp3) is 0.478. The second-order valence-electron chi connectivity index (χ2n) is 7.79. The molecule has 1 fully saturated rings.